The first-order valence-electron chi connectivity index (χ1n) is 8.62. The van der Waals surface area contributed by atoms with Crippen molar-refractivity contribution in [2.45, 2.75) is 58.7 Å². The van der Waals surface area contributed by atoms with E-state index in [0.717, 1.165) is 29.1 Å². The number of nitrogens with one attached hydrogen (secondary N) is 2. The Morgan fingerprint density at radius 3 is 2.80 bits per heavy atom. The average Bonchev–Trinajstić information content (AvgIpc) is 2.91. The molecule has 0 fully saturated rings. The van der Waals surface area contributed by atoms with Gasteiger partial charge in [-0.05, 0) is 64.8 Å². The van der Waals surface area contributed by atoms with Gasteiger partial charge in [0.15, 0.2) is 0 Å². The minimum absolute atomic E-state index is 0.0920. The van der Waals surface area contributed by atoms with Crippen LogP contribution in [0, 0.1) is 6.92 Å². The fourth-order valence-corrected chi connectivity index (χ4v) is 3.08. The number of aryl methyl sites for hydroxylation is 1. The topological polar surface area (TPSA) is 68.2 Å². The van der Waals surface area contributed by atoms with Crippen LogP contribution < -0.4 is 10.6 Å². The normalized spacial score (nSPS) is 19.7. The molecule has 0 bridgehead atoms. The van der Waals surface area contributed by atoms with Crippen LogP contribution in [0.1, 0.15) is 51.4 Å². The molecule has 2 atom stereocenters. The Morgan fingerprint density at radius 2 is 2.16 bits per heavy atom. The maximum Gasteiger partial charge on any atom is 0.408 e. The van der Waals surface area contributed by atoms with Crippen LogP contribution in [0.4, 0.5) is 10.5 Å². The molecule has 1 aliphatic heterocycles. The summed E-state index contributed by atoms with van der Waals surface area (Å²) in [6.45, 7) is 9.67. The second kappa shape index (κ2) is 6.43. The van der Waals surface area contributed by atoms with Crippen molar-refractivity contribution in [1.82, 2.24) is 14.9 Å². The molecule has 3 rings (SSSR count). The highest BCUT2D eigenvalue weighted by atomic mass is 16.6. The highest BCUT2D eigenvalue weighted by Gasteiger charge is 2.28. The number of carbonyl (C=O) groups is 1. The minimum Gasteiger partial charge on any atom is -0.444 e. The monoisotopic (exact) mass is 342 g/mol. The van der Waals surface area contributed by atoms with E-state index in [0.29, 0.717) is 0 Å². The molecule has 2 aromatic rings. The summed E-state index contributed by atoms with van der Waals surface area (Å²) in [4.78, 5) is 16.5. The molecular formula is C19H26N4O2. The SMILES string of the molecule is Cc1cn(-c2ccc3c(c2)C(NC(=O)OC(C)(C)C)CC(C)N3)cn1. The van der Waals surface area contributed by atoms with Gasteiger partial charge in [-0.1, -0.05) is 0 Å². The number of carbonyl (C=O) groups excluding carboxylic acids is 1. The zero-order chi connectivity index (χ0) is 18.2. The summed E-state index contributed by atoms with van der Waals surface area (Å²) >= 11 is 0. The van der Waals surface area contributed by atoms with Crippen LogP contribution in [0.5, 0.6) is 0 Å². The maximum atomic E-state index is 12.2. The fraction of sp³-hybridized carbons (Fsp3) is 0.474. The van der Waals surface area contributed by atoms with Gasteiger partial charge in [-0.25, -0.2) is 9.78 Å². The zero-order valence-electron chi connectivity index (χ0n) is 15.5. The summed E-state index contributed by atoms with van der Waals surface area (Å²) in [5.41, 5.74) is 3.58. The van der Waals surface area contributed by atoms with Gasteiger partial charge in [0.05, 0.1) is 18.1 Å². The van der Waals surface area contributed by atoms with Crippen molar-refractivity contribution >= 4 is 11.8 Å². The van der Waals surface area contributed by atoms with Gasteiger partial charge in [-0.15, -0.1) is 0 Å². The average molecular weight is 342 g/mol. The van der Waals surface area contributed by atoms with E-state index < -0.39 is 5.60 Å². The van der Waals surface area contributed by atoms with Crippen molar-refractivity contribution in [2.24, 2.45) is 0 Å². The van der Waals surface area contributed by atoms with Gasteiger partial charge in [0, 0.05) is 23.6 Å². The molecule has 25 heavy (non-hydrogen) atoms. The smallest absolute Gasteiger partial charge is 0.408 e. The van der Waals surface area contributed by atoms with Gasteiger partial charge in [0.25, 0.3) is 0 Å². The van der Waals surface area contributed by atoms with Crippen molar-refractivity contribution in [1.29, 1.82) is 0 Å². The summed E-state index contributed by atoms with van der Waals surface area (Å²) in [6, 6.07) is 6.38. The quantitative estimate of drug-likeness (QED) is 0.867. The second-order valence-corrected chi connectivity index (χ2v) is 7.67. The van der Waals surface area contributed by atoms with E-state index in [9.17, 15) is 4.79 Å². The molecule has 0 spiro atoms. The molecular weight excluding hydrogens is 316 g/mol. The number of anilines is 1. The third-order valence-electron chi connectivity index (χ3n) is 4.10. The van der Waals surface area contributed by atoms with Crippen LogP contribution in [0.2, 0.25) is 0 Å². The lowest BCUT2D eigenvalue weighted by atomic mass is 9.93. The molecule has 6 heteroatoms. The second-order valence-electron chi connectivity index (χ2n) is 7.67. The lowest BCUT2D eigenvalue weighted by Crippen LogP contribution is -2.39. The molecule has 0 saturated heterocycles. The number of ether oxygens (including phenoxy) is 1. The number of rotatable bonds is 2. The lowest BCUT2D eigenvalue weighted by molar-refractivity contribution is 0.0499. The standard InChI is InChI=1S/C19H26N4O2/c1-12-8-17(22-18(24)25-19(3,4)5)15-9-14(6-7-16(15)21-12)23-10-13(2)20-11-23/h6-7,9-12,17,21H,8H2,1-5H3,(H,22,24). The molecule has 0 aliphatic carbocycles. The molecule has 1 amide bonds. The minimum atomic E-state index is -0.512. The number of nitrogens with zero attached hydrogens (tertiary/aromatic N) is 2. The highest BCUT2D eigenvalue weighted by molar-refractivity contribution is 5.70. The Balaban J connectivity index is 1.88. The Hall–Kier alpha value is -2.50. The van der Waals surface area contributed by atoms with Gasteiger partial charge in [-0.3, -0.25) is 0 Å². The van der Waals surface area contributed by atoms with E-state index in [-0.39, 0.29) is 18.2 Å². The molecule has 1 aromatic carbocycles. The number of aromatic nitrogens is 2. The van der Waals surface area contributed by atoms with Crippen LogP contribution in [0.25, 0.3) is 5.69 Å². The van der Waals surface area contributed by atoms with Crippen LogP contribution in [0.3, 0.4) is 0 Å². The zero-order valence-corrected chi connectivity index (χ0v) is 15.5. The van der Waals surface area contributed by atoms with E-state index in [4.69, 9.17) is 4.74 Å². The highest BCUT2D eigenvalue weighted by Crippen LogP contribution is 2.34. The van der Waals surface area contributed by atoms with Gasteiger partial charge >= 0.3 is 6.09 Å². The molecule has 1 aromatic heterocycles. The van der Waals surface area contributed by atoms with Crippen LogP contribution in [-0.4, -0.2) is 27.3 Å². The van der Waals surface area contributed by atoms with E-state index >= 15 is 0 Å². The summed E-state index contributed by atoms with van der Waals surface area (Å²) < 4.78 is 7.41. The number of alkyl carbamates (subject to hydrolysis) is 1. The lowest BCUT2D eigenvalue weighted by Gasteiger charge is -2.33. The molecule has 6 nitrogen and oxygen atoms in total. The molecule has 2 unspecified atom stereocenters. The van der Waals surface area contributed by atoms with Gasteiger partial charge in [-0.2, -0.15) is 0 Å². The first-order chi connectivity index (χ1) is 11.7. The fourth-order valence-electron chi connectivity index (χ4n) is 3.08. The first-order valence-corrected chi connectivity index (χ1v) is 8.62. The number of fused-ring (bicyclic) bond motifs is 1. The number of imidazole rings is 1. The predicted molar refractivity (Wildman–Crippen MR) is 98.1 cm³/mol. The number of hydrogen-bond donors (Lipinski definition) is 2. The van der Waals surface area contributed by atoms with E-state index in [1.54, 1.807) is 6.33 Å². The third kappa shape index (κ3) is 4.13. The van der Waals surface area contributed by atoms with Crippen LogP contribution in [-0.2, 0) is 4.74 Å². The third-order valence-corrected chi connectivity index (χ3v) is 4.10. The molecule has 0 saturated carbocycles. The first kappa shape index (κ1) is 17.3. The predicted octanol–water partition coefficient (Wildman–Crippen LogP) is 3.95. The van der Waals surface area contributed by atoms with Crippen molar-refractivity contribution in [3.63, 3.8) is 0 Å². The van der Waals surface area contributed by atoms with Crippen molar-refractivity contribution < 1.29 is 9.53 Å². The van der Waals surface area contributed by atoms with E-state index in [1.165, 1.54) is 0 Å². The van der Waals surface area contributed by atoms with Gasteiger partial charge in [0.1, 0.15) is 5.60 Å². The van der Waals surface area contributed by atoms with E-state index in [2.05, 4.69) is 40.7 Å². The number of benzene rings is 1. The summed E-state index contributed by atoms with van der Waals surface area (Å²) in [5.74, 6) is 0. The van der Waals surface area contributed by atoms with Crippen molar-refractivity contribution in [3.8, 4) is 5.69 Å². The molecule has 2 heterocycles. The van der Waals surface area contributed by atoms with Crippen LogP contribution in [0.15, 0.2) is 30.7 Å². The Bertz CT molecular complexity index is 776. The van der Waals surface area contributed by atoms with Crippen molar-refractivity contribution in [3.05, 3.63) is 42.0 Å². The summed E-state index contributed by atoms with van der Waals surface area (Å²) in [7, 11) is 0. The van der Waals surface area contributed by atoms with Crippen molar-refractivity contribution in [2.75, 3.05) is 5.32 Å². The molecule has 0 radical (unpaired) electrons. The number of amides is 1. The summed E-state index contributed by atoms with van der Waals surface area (Å²) in [5, 5.41) is 6.50. The Kier molecular flexibility index (Phi) is 4.45. The van der Waals surface area contributed by atoms with Gasteiger partial charge < -0.3 is 19.9 Å². The maximum absolute atomic E-state index is 12.2. The molecule has 1 aliphatic rings. The van der Waals surface area contributed by atoms with Crippen LogP contribution >= 0.6 is 0 Å². The molecule has 134 valence electrons. The molecule has 2 N–H and O–H groups in total. The Labute approximate surface area is 148 Å². The van der Waals surface area contributed by atoms with Gasteiger partial charge in [0.2, 0.25) is 0 Å². The van der Waals surface area contributed by atoms with E-state index in [1.807, 2.05) is 38.5 Å². The number of hydrogen-bond acceptors (Lipinski definition) is 4. The largest absolute Gasteiger partial charge is 0.444 e. The Morgan fingerprint density at radius 1 is 1.40 bits per heavy atom. The summed E-state index contributed by atoms with van der Waals surface area (Å²) in [6.07, 6.45) is 4.20.